The second-order valence-corrected chi connectivity index (χ2v) is 7.96. The molecule has 0 saturated carbocycles. The van der Waals surface area contributed by atoms with Crippen molar-refractivity contribution in [3.05, 3.63) is 61.2 Å². The number of fused-ring (bicyclic) bond motifs is 1. The lowest BCUT2D eigenvalue weighted by molar-refractivity contribution is -0.111. The summed E-state index contributed by atoms with van der Waals surface area (Å²) in [6.07, 6.45) is 5.29. The van der Waals surface area contributed by atoms with Gasteiger partial charge in [0.15, 0.2) is 17.0 Å². The summed E-state index contributed by atoms with van der Waals surface area (Å²) >= 11 is 0. The average Bonchev–Trinajstić information content (AvgIpc) is 3.56. The molecule has 3 aromatic heterocycles. The number of anilines is 3. The Balaban J connectivity index is 1.45. The van der Waals surface area contributed by atoms with Gasteiger partial charge in [-0.1, -0.05) is 18.7 Å². The molecule has 0 atom stereocenters. The van der Waals surface area contributed by atoms with Gasteiger partial charge in [0.1, 0.15) is 6.33 Å². The molecule has 36 heavy (non-hydrogen) atoms. The SMILES string of the molecule is C=CC(=O)Nc1ccc(CNc2nc(N3CCOCC3)nc3c2ncn3-c2cnn(C(F)F)c2)cc1. The number of rotatable bonds is 8. The summed E-state index contributed by atoms with van der Waals surface area (Å²) in [4.78, 5) is 27.4. The van der Waals surface area contributed by atoms with E-state index in [1.165, 1.54) is 24.8 Å². The van der Waals surface area contributed by atoms with Gasteiger partial charge in [-0.25, -0.2) is 9.67 Å². The van der Waals surface area contributed by atoms with Crippen LogP contribution in [0.3, 0.4) is 0 Å². The van der Waals surface area contributed by atoms with Crippen molar-refractivity contribution in [1.29, 1.82) is 0 Å². The highest BCUT2D eigenvalue weighted by molar-refractivity contribution is 5.98. The first-order valence-electron chi connectivity index (χ1n) is 11.2. The Hall–Kier alpha value is -4.39. The number of carbonyl (C=O) groups is 1. The van der Waals surface area contributed by atoms with Crippen molar-refractivity contribution in [3.63, 3.8) is 0 Å². The highest BCUT2D eigenvalue weighted by Gasteiger charge is 2.20. The van der Waals surface area contributed by atoms with E-state index in [0.717, 1.165) is 5.56 Å². The third-order valence-electron chi connectivity index (χ3n) is 5.61. The molecule has 1 aliphatic rings. The zero-order chi connectivity index (χ0) is 25.1. The number of morpholine rings is 1. The first kappa shape index (κ1) is 23.4. The van der Waals surface area contributed by atoms with Crippen LogP contribution in [-0.2, 0) is 16.1 Å². The van der Waals surface area contributed by atoms with Crippen molar-refractivity contribution in [2.45, 2.75) is 13.1 Å². The van der Waals surface area contributed by atoms with Crippen LogP contribution in [0.5, 0.6) is 0 Å². The van der Waals surface area contributed by atoms with Crippen LogP contribution in [0, 0.1) is 0 Å². The molecule has 0 radical (unpaired) electrons. The first-order valence-corrected chi connectivity index (χ1v) is 11.2. The summed E-state index contributed by atoms with van der Waals surface area (Å²) in [7, 11) is 0. The molecule has 186 valence electrons. The molecule has 1 fully saturated rings. The van der Waals surface area contributed by atoms with Gasteiger partial charge in [0, 0.05) is 25.3 Å². The highest BCUT2D eigenvalue weighted by atomic mass is 19.3. The van der Waals surface area contributed by atoms with Crippen LogP contribution in [0.25, 0.3) is 16.9 Å². The summed E-state index contributed by atoms with van der Waals surface area (Å²) in [5.41, 5.74) is 2.97. The molecule has 0 bridgehead atoms. The van der Waals surface area contributed by atoms with Gasteiger partial charge in [0.25, 0.3) is 0 Å². The average molecular weight is 495 g/mol. The van der Waals surface area contributed by atoms with E-state index in [2.05, 4.69) is 27.3 Å². The predicted octanol–water partition coefficient (Wildman–Crippen LogP) is 2.98. The highest BCUT2D eigenvalue weighted by Crippen LogP contribution is 2.26. The molecule has 4 aromatic rings. The van der Waals surface area contributed by atoms with E-state index in [0.29, 0.717) is 71.8 Å². The van der Waals surface area contributed by atoms with E-state index < -0.39 is 6.55 Å². The van der Waals surface area contributed by atoms with Crippen LogP contribution in [0.15, 0.2) is 55.6 Å². The number of nitrogens with one attached hydrogen (secondary N) is 2. The van der Waals surface area contributed by atoms with Gasteiger partial charge in [-0.15, -0.1) is 0 Å². The summed E-state index contributed by atoms with van der Waals surface area (Å²) in [6.45, 7) is 3.48. The van der Waals surface area contributed by atoms with Crippen molar-refractivity contribution in [1.82, 2.24) is 29.3 Å². The molecule has 1 aromatic carbocycles. The molecule has 0 unspecified atom stereocenters. The first-order chi connectivity index (χ1) is 17.5. The molecule has 0 spiro atoms. The number of alkyl halides is 2. The zero-order valence-electron chi connectivity index (χ0n) is 19.1. The van der Waals surface area contributed by atoms with Crippen molar-refractivity contribution in [2.24, 2.45) is 0 Å². The molecule has 1 saturated heterocycles. The van der Waals surface area contributed by atoms with E-state index in [4.69, 9.17) is 14.7 Å². The summed E-state index contributed by atoms with van der Waals surface area (Å²) < 4.78 is 33.8. The fourth-order valence-corrected chi connectivity index (χ4v) is 3.75. The minimum atomic E-state index is -2.75. The third-order valence-corrected chi connectivity index (χ3v) is 5.61. The lowest BCUT2D eigenvalue weighted by Gasteiger charge is -2.27. The molecule has 5 rings (SSSR count). The summed E-state index contributed by atoms with van der Waals surface area (Å²) in [6, 6.07) is 7.35. The van der Waals surface area contributed by atoms with Gasteiger partial charge in [-0.2, -0.15) is 23.8 Å². The Bertz CT molecular complexity index is 1380. The molecular weight excluding hydrogens is 472 g/mol. The molecule has 1 amide bonds. The fourth-order valence-electron chi connectivity index (χ4n) is 3.75. The number of aromatic nitrogens is 6. The maximum absolute atomic E-state index is 13.1. The zero-order valence-corrected chi connectivity index (χ0v) is 19.1. The van der Waals surface area contributed by atoms with Crippen molar-refractivity contribution < 1.29 is 18.3 Å². The van der Waals surface area contributed by atoms with Crippen LogP contribution in [0.2, 0.25) is 0 Å². The van der Waals surface area contributed by atoms with Crippen LogP contribution >= 0.6 is 0 Å². The van der Waals surface area contributed by atoms with Gasteiger partial charge in [-0.3, -0.25) is 9.36 Å². The van der Waals surface area contributed by atoms with E-state index in [-0.39, 0.29) is 5.91 Å². The van der Waals surface area contributed by atoms with Crippen molar-refractivity contribution in [2.75, 3.05) is 41.8 Å². The number of carbonyl (C=O) groups excluding carboxylic acids is 1. The molecule has 0 aliphatic carbocycles. The smallest absolute Gasteiger partial charge is 0.333 e. The number of benzene rings is 1. The minimum absolute atomic E-state index is 0.283. The Morgan fingerprint density at radius 2 is 1.97 bits per heavy atom. The van der Waals surface area contributed by atoms with E-state index in [1.807, 2.05) is 17.0 Å². The van der Waals surface area contributed by atoms with Gasteiger partial charge < -0.3 is 20.3 Å². The number of hydrogen-bond acceptors (Lipinski definition) is 8. The maximum atomic E-state index is 13.1. The Kier molecular flexibility index (Phi) is 6.54. The number of halogens is 2. The van der Waals surface area contributed by atoms with Gasteiger partial charge in [0.05, 0.1) is 31.3 Å². The normalized spacial score (nSPS) is 13.8. The number of imidazole rings is 1. The third kappa shape index (κ3) is 4.86. The van der Waals surface area contributed by atoms with Gasteiger partial charge in [-0.05, 0) is 23.8 Å². The topological polar surface area (TPSA) is 115 Å². The lowest BCUT2D eigenvalue weighted by Crippen LogP contribution is -2.37. The van der Waals surface area contributed by atoms with Crippen LogP contribution in [-0.4, -0.2) is 61.5 Å². The Labute approximate surface area is 204 Å². The molecule has 4 heterocycles. The lowest BCUT2D eigenvalue weighted by atomic mass is 10.2. The number of nitrogens with zero attached hydrogens (tertiary/aromatic N) is 7. The van der Waals surface area contributed by atoms with Crippen molar-refractivity contribution in [3.8, 4) is 5.69 Å². The summed E-state index contributed by atoms with van der Waals surface area (Å²) in [5.74, 6) is 0.707. The van der Waals surface area contributed by atoms with E-state index in [9.17, 15) is 13.6 Å². The molecular formula is C23H23F2N9O2. The predicted molar refractivity (Wildman–Crippen MR) is 129 cm³/mol. The quantitative estimate of drug-likeness (QED) is 0.359. The van der Waals surface area contributed by atoms with Gasteiger partial charge >= 0.3 is 6.55 Å². The fraction of sp³-hybridized carbons (Fsp3) is 0.261. The monoisotopic (exact) mass is 495 g/mol. The van der Waals surface area contributed by atoms with Crippen LogP contribution in [0.1, 0.15) is 12.1 Å². The van der Waals surface area contributed by atoms with E-state index in [1.54, 1.807) is 16.7 Å². The van der Waals surface area contributed by atoms with Crippen molar-refractivity contribution >= 4 is 34.5 Å². The minimum Gasteiger partial charge on any atom is -0.378 e. The second kappa shape index (κ2) is 10.1. The Morgan fingerprint density at radius 1 is 1.19 bits per heavy atom. The molecule has 11 nitrogen and oxygen atoms in total. The number of amides is 1. The van der Waals surface area contributed by atoms with Crippen LogP contribution < -0.4 is 15.5 Å². The van der Waals surface area contributed by atoms with E-state index >= 15 is 0 Å². The number of hydrogen-bond donors (Lipinski definition) is 2. The molecule has 2 N–H and O–H groups in total. The molecule has 1 aliphatic heterocycles. The van der Waals surface area contributed by atoms with Crippen LogP contribution in [0.4, 0.5) is 26.2 Å². The standard InChI is InChI=1S/C23H23F2N9O2/c1-2-18(35)29-16-5-3-15(4-6-16)11-26-20-19-21(31-23(30-20)32-7-9-36-10-8-32)33(14-27-19)17-12-28-34(13-17)22(24)25/h2-6,12-14,22H,1,7-11H2,(H,29,35)(H,26,30,31). The molecule has 13 heteroatoms. The summed E-state index contributed by atoms with van der Waals surface area (Å²) in [5, 5.41) is 9.74. The number of ether oxygens (including phenoxy) is 1. The van der Waals surface area contributed by atoms with Gasteiger partial charge in [0.2, 0.25) is 11.9 Å². The second-order valence-electron chi connectivity index (χ2n) is 7.96. The maximum Gasteiger partial charge on any atom is 0.333 e. The largest absolute Gasteiger partial charge is 0.378 e. The Morgan fingerprint density at radius 3 is 2.67 bits per heavy atom.